The number of hydrogen-bond acceptors (Lipinski definition) is 7. The third-order valence-electron chi connectivity index (χ3n) is 2.46. The summed E-state index contributed by atoms with van der Waals surface area (Å²) in [7, 11) is 0. The zero-order valence-electron chi connectivity index (χ0n) is 9.40. The molecule has 19 heavy (non-hydrogen) atoms. The number of tetrazole rings is 2. The van der Waals surface area contributed by atoms with Crippen LogP contribution in [0.25, 0.3) is 22.8 Å². The van der Waals surface area contributed by atoms with Gasteiger partial charge in [-0.15, -0.1) is 10.2 Å². The number of carbonyl (C=O) groups is 1. The number of amides is 1. The van der Waals surface area contributed by atoms with Gasteiger partial charge in [0, 0.05) is 16.7 Å². The van der Waals surface area contributed by atoms with Gasteiger partial charge >= 0.3 is 0 Å². The molecule has 1 amide bonds. The third kappa shape index (κ3) is 2.01. The molecule has 0 atom stereocenters. The largest absolute Gasteiger partial charge is 0.366 e. The van der Waals surface area contributed by atoms with E-state index in [9.17, 15) is 4.79 Å². The first-order valence-electron chi connectivity index (χ1n) is 5.17. The van der Waals surface area contributed by atoms with E-state index in [2.05, 4.69) is 41.2 Å². The minimum Gasteiger partial charge on any atom is -0.366 e. The highest BCUT2D eigenvalue weighted by Crippen LogP contribution is 2.23. The summed E-state index contributed by atoms with van der Waals surface area (Å²) in [5, 5.41) is 26.7. The molecule has 3 rings (SSSR count). The van der Waals surface area contributed by atoms with Gasteiger partial charge in [-0.05, 0) is 39.1 Å². The second-order valence-electron chi connectivity index (χ2n) is 3.66. The van der Waals surface area contributed by atoms with Gasteiger partial charge in [-0.2, -0.15) is 0 Å². The SMILES string of the molecule is NC(=O)c1cc(-c2nnn[nH]2)cc(-c2nnn[nH]2)c1. The van der Waals surface area contributed by atoms with Crippen LogP contribution in [-0.4, -0.2) is 47.2 Å². The van der Waals surface area contributed by atoms with E-state index < -0.39 is 5.91 Å². The highest BCUT2D eigenvalue weighted by Gasteiger charge is 2.12. The van der Waals surface area contributed by atoms with E-state index in [1.165, 1.54) is 0 Å². The van der Waals surface area contributed by atoms with Gasteiger partial charge in [-0.3, -0.25) is 4.79 Å². The van der Waals surface area contributed by atoms with E-state index >= 15 is 0 Å². The molecule has 0 aliphatic heterocycles. The van der Waals surface area contributed by atoms with Crippen LogP contribution in [0.15, 0.2) is 18.2 Å². The minimum atomic E-state index is -0.567. The van der Waals surface area contributed by atoms with Crippen molar-refractivity contribution < 1.29 is 4.79 Å². The maximum atomic E-state index is 11.3. The summed E-state index contributed by atoms with van der Waals surface area (Å²) in [5.41, 5.74) is 6.81. The van der Waals surface area contributed by atoms with E-state index in [0.29, 0.717) is 28.3 Å². The molecule has 0 spiro atoms. The lowest BCUT2D eigenvalue weighted by Crippen LogP contribution is -2.11. The third-order valence-corrected chi connectivity index (χ3v) is 2.46. The number of rotatable bonds is 3. The van der Waals surface area contributed by atoms with Gasteiger partial charge in [0.15, 0.2) is 11.6 Å². The van der Waals surface area contributed by atoms with Crippen molar-refractivity contribution in [2.75, 3.05) is 0 Å². The maximum Gasteiger partial charge on any atom is 0.248 e. The van der Waals surface area contributed by atoms with E-state index in [1.807, 2.05) is 0 Å². The summed E-state index contributed by atoms with van der Waals surface area (Å²) in [6, 6.07) is 4.90. The first kappa shape index (κ1) is 11.0. The number of carbonyl (C=O) groups excluding carboxylic acids is 1. The van der Waals surface area contributed by atoms with E-state index in [0.717, 1.165) is 0 Å². The first-order chi connectivity index (χ1) is 9.24. The van der Waals surface area contributed by atoms with Gasteiger partial charge in [0.1, 0.15) is 0 Å². The lowest BCUT2D eigenvalue weighted by atomic mass is 10.0. The molecule has 0 aliphatic rings. The number of H-pyrrole nitrogens is 2. The number of aromatic amines is 2. The van der Waals surface area contributed by atoms with Gasteiger partial charge in [-0.25, -0.2) is 10.2 Å². The molecule has 2 aromatic heterocycles. The molecule has 0 saturated carbocycles. The molecule has 10 heteroatoms. The lowest BCUT2D eigenvalue weighted by molar-refractivity contribution is 0.100. The Morgan fingerprint density at radius 3 is 1.84 bits per heavy atom. The van der Waals surface area contributed by atoms with Crippen LogP contribution in [0.4, 0.5) is 0 Å². The Morgan fingerprint density at radius 1 is 0.947 bits per heavy atom. The fraction of sp³-hybridized carbons (Fsp3) is 0. The first-order valence-corrected chi connectivity index (χ1v) is 5.17. The fourth-order valence-electron chi connectivity index (χ4n) is 1.61. The summed E-state index contributed by atoms with van der Waals surface area (Å²) in [4.78, 5) is 11.3. The van der Waals surface area contributed by atoms with Crippen LogP contribution < -0.4 is 5.73 Å². The number of primary amides is 1. The van der Waals surface area contributed by atoms with Crippen LogP contribution >= 0.6 is 0 Å². The van der Waals surface area contributed by atoms with Gasteiger partial charge in [0.2, 0.25) is 5.91 Å². The predicted molar refractivity (Wildman–Crippen MR) is 61.3 cm³/mol. The molecule has 2 heterocycles. The van der Waals surface area contributed by atoms with Crippen LogP contribution in [0.5, 0.6) is 0 Å². The molecule has 0 bridgehead atoms. The van der Waals surface area contributed by atoms with Crippen LogP contribution in [0.2, 0.25) is 0 Å². The lowest BCUT2D eigenvalue weighted by Gasteiger charge is -2.03. The van der Waals surface area contributed by atoms with E-state index in [-0.39, 0.29) is 0 Å². The monoisotopic (exact) mass is 257 g/mol. The van der Waals surface area contributed by atoms with Crippen LogP contribution in [0, 0.1) is 0 Å². The molecule has 0 saturated heterocycles. The van der Waals surface area contributed by atoms with Crippen molar-refractivity contribution >= 4 is 5.91 Å². The summed E-state index contributed by atoms with van der Waals surface area (Å²) >= 11 is 0. The molecule has 94 valence electrons. The molecule has 0 unspecified atom stereocenters. The summed E-state index contributed by atoms with van der Waals surface area (Å²) in [5.74, 6) is 0.261. The Bertz CT molecular complexity index is 651. The number of hydrogen-bond donors (Lipinski definition) is 3. The van der Waals surface area contributed by atoms with E-state index in [4.69, 9.17) is 5.73 Å². The molecular formula is C9H7N9O. The number of nitrogens with two attached hydrogens (primary N) is 1. The number of nitrogens with zero attached hydrogens (tertiary/aromatic N) is 6. The summed E-state index contributed by atoms with van der Waals surface area (Å²) in [6.07, 6.45) is 0. The molecule has 0 fully saturated rings. The molecule has 3 aromatic rings. The average Bonchev–Trinajstić information content (AvgIpc) is 3.11. The normalized spacial score (nSPS) is 10.5. The van der Waals surface area contributed by atoms with Crippen molar-refractivity contribution in [3.05, 3.63) is 23.8 Å². The quantitative estimate of drug-likeness (QED) is 0.552. The molecule has 1 aromatic carbocycles. The molecule has 10 nitrogen and oxygen atoms in total. The topological polar surface area (TPSA) is 152 Å². The number of aromatic nitrogens is 8. The fourth-order valence-corrected chi connectivity index (χ4v) is 1.61. The summed E-state index contributed by atoms with van der Waals surface area (Å²) < 4.78 is 0. The second kappa shape index (κ2) is 4.25. The Morgan fingerprint density at radius 2 is 1.47 bits per heavy atom. The van der Waals surface area contributed by atoms with Crippen molar-refractivity contribution in [1.82, 2.24) is 41.2 Å². The Balaban J connectivity index is 2.18. The smallest absolute Gasteiger partial charge is 0.248 e. The highest BCUT2D eigenvalue weighted by atomic mass is 16.1. The number of benzene rings is 1. The Kier molecular flexibility index (Phi) is 2.45. The molecular weight excluding hydrogens is 250 g/mol. The van der Waals surface area contributed by atoms with Gasteiger partial charge in [0.05, 0.1) is 0 Å². The predicted octanol–water partition coefficient (Wildman–Crippen LogP) is -0.854. The van der Waals surface area contributed by atoms with Crippen LogP contribution in [0.3, 0.4) is 0 Å². The Labute approximate surface area is 105 Å². The average molecular weight is 257 g/mol. The van der Waals surface area contributed by atoms with Crippen molar-refractivity contribution in [1.29, 1.82) is 0 Å². The van der Waals surface area contributed by atoms with Crippen LogP contribution in [0.1, 0.15) is 10.4 Å². The highest BCUT2D eigenvalue weighted by molar-refractivity contribution is 5.95. The minimum absolute atomic E-state index is 0.306. The van der Waals surface area contributed by atoms with E-state index in [1.54, 1.807) is 18.2 Å². The standard InChI is InChI=1S/C9H7N9O/c10-7(19)4-1-5(8-11-15-16-12-8)3-6(2-4)9-13-17-18-14-9/h1-3H,(H2,10,19)(H,11,12,15,16)(H,13,14,17,18). The van der Waals surface area contributed by atoms with Gasteiger partial charge in [0.25, 0.3) is 0 Å². The van der Waals surface area contributed by atoms with Crippen molar-refractivity contribution in [3.63, 3.8) is 0 Å². The van der Waals surface area contributed by atoms with Crippen molar-refractivity contribution in [2.24, 2.45) is 5.73 Å². The molecule has 4 N–H and O–H groups in total. The van der Waals surface area contributed by atoms with Crippen LogP contribution in [-0.2, 0) is 0 Å². The molecule has 0 aliphatic carbocycles. The van der Waals surface area contributed by atoms with Gasteiger partial charge in [-0.1, -0.05) is 0 Å². The maximum absolute atomic E-state index is 11.3. The van der Waals surface area contributed by atoms with Crippen molar-refractivity contribution in [2.45, 2.75) is 0 Å². The number of nitrogens with one attached hydrogen (secondary N) is 2. The Hall–Kier alpha value is -3.17. The van der Waals surface area contributed by atoms with Crippen molar-refractivity contribution in [3.8, 4) is 22.8 Å². The zero-order chi connectivity index (χ0) is 13.2. The summed E-state index contributed by atoms with van der Waals surface area (Å²) in [6.45, 7) is 0. The molecule has 0 radical (unpaired) electrons. The second-order valence-corrected chi connectivity index (χ2v) is 3.66. The van der Waals surface area contributed by atoms with Gasteiger partial charge < -0.3 is 5.73 Å². The zero-order valence-corrected chi connectivity index (χ0v) is 9.40.